The van der Waals surface area contributed by atoms with Crippen molar-refractivity contribution < 1.29 is 14.6 Å². The quantitative estimate of drug-likeness (QED) is 0.927. The number of pyridine rings is 1. The predicted molar refractivity (Wildman–Crippen MR) is 74.8 cm³/mol. The summed E-state index contributed by atoms with van der Waals surface area (Å²) in [4.78, 5) is 30.8. The number of hydrogen-bond acceptors (Lipinski definition) is 5. The van der Waals surface area contributed by atoms with Crippen molar-refractivity contribution in [2.75, 3.05) is 0 Å². The van der Waals surface area contributed by atoms with E-state index in [0.717, 1.165) is 0 Å². The Morgan fingerprint density at radius 1 is 1.33 bits per heavy atom. The molecular formula is C14H15N3O4. The lowest BCUT2D eigenvalue weighted by molar-refractivity contribution is 0.0696. The van der Waals surface area contributed by atoms with Gasteiger partial charge in [-0.15, -0.1) is 0 Å². The Kier molecular flexibility index (Phi) is 3.75. The standard InChI is InChI=1S/C14H15N3O4/c1-14(2,3)17-5-4-16-11(12(17)18)21-10-6-9(13(19)20)7-15-8-10/h4-8H,1-3H3,(H,19,20). The number of carboxylic acids is 1. The molecule has 0 unspecified atom stereocenters. The molecule has 1 N–H and O–H groups in total. The van der Waals surface area contributed by atoms with E-state index < -0.39 is 17.1 Å². The Bertz CT molecular complexity index is 731. The average Bonchev–Trinajstić information content (AvgIpc) is 2.40. The molecule has 0 bridgehead atoms. The van der Waals surface area contributed by atoms with Crippen molar-refractivity contribution in [1.82, 2.24) is 14.5 Å². The Hall–Kier alpha value is -2.70. The fourth-order valence-corrected chi connectivity index (χ4v) is 1.70. The average molecular weight is 289 g/mol. The van der Waals surface area contributed by atoms with Crippen LogP contribution in [0.15, 0.2) is 35.6 Å². The van der Waals surface area contributed by atoms with E-state index in [-0.39, 0.29) is 17.2 Å². The molecule has 0 aliphatic heterocycles. The van der Waals surface area contributed by atoms with Crippen LogP contribution >= 0.6 is 0 Å². The Labute approximate surface area is 120 Å². The summed E-state index contributed by atoms with van der Waals surface area (Å²) >= 11 is 0. The molecule has 0 aliphatic rings. The van der Waals surface area contributed by atoms with E-state index in [1.165, 1.54) is 29.2 Å². The van der Waals surface area contributed by atoms with Crippen LogP contribution in [0.5, 0.6) is 11.6 Å². The maximum absolute atomic E-state index is 12.3. The molecule has 0 fully saturated rings. The number of rotatable bonds is 3. The number of nitrogens with zero attached hydrogens (tertiary/aromatic N) is 3. The molecule has 110 valence electrons. The van der Waals surface area contributed by atoms with E-state index in [0.29, 0.717) is 0 Å². The smallest absolute Gasteiger partial charge is 0.337 e. The number of carboxylic acid groups (broad SMARTS) is 1. The maximum atomic E-state index is 12.3. The molecule has 0 aromatic carbocycles. The van der Waals surface area contributed by atoms with Crippen molar-refractivity contribution in [3.8, 4) is 11.6 Å². The predicted octanol–water partition coefficient (Wildman–Crippen LogP) is 1.88. The van der Waals surface area contributed by atoms with Crippen LogP contribution in [0, 0.1) is 0 Å². The van der Waals surface area contributed by atoms with Gasteiger partial charge < -0.3 is 14.4 Å². The lowest BCUT2D eigenvalue weighted by Crippen LogP contribution is -2.34. The van der Waals surface area contributed by atoms with Crippen LogP contribution in [0.1, 0.15) is 31.1 Å². The van der Waals surface area contributed by atoms with Crippen molar-refractivity contribution >= 4 is 5.97 Å². The van der Waals surface area contributed by atoms with Crippen LogP contribution in [-0.4, -0.2) is 25.6 Å². The van der Waals surface area contributed by atoms with Gasteiger partial charge in [-0.05, 0) is 26.8 Å². The van der Waals surface area contributed by atoms with Gasteiger partial charge in [-0.2, -0.15) is 0 Å². The van der Waals surface area contributed by atoms with Gasteiger partial charge in [0.2, 0.25) is 0 Å². The first-order valence-electron chi connectivity index (χ1n) is 6.23. The van der Waals surface area contributed by atoms with Crippen LogP contribution in [0.4, 0.5) is 0 Å². The van der Waals surface area contributed by atoms with Crippen LogP contribution in [0.25, 0.3) is 0 Å². The van der Waals surface area contributed by atoms with Crippen LogP contribution < -0.4 is 10.3 Å². The Morgan fingerprint density at radius 3 is 2.67 bits per heavy atom. The molecule has 0 radical (unpaired) electrons. The van der Waals surface area contributed by atoms with Gasteiger partial charge in [0, 0.05) is 24.1 Å². The van der Waals surface area contributed by atoms with E-state index in [9.17, 15) is 9.59 Å². The fraction of sp³-hybridized carbons (Fsp3) is 0.286. The Balaban J connectivity index is 2.39. The van der Waals surface area contributed by atoms with Crippen LogP contribution in [0.2, 0.25) is 0 Å². The summed E-state index contributed by atoms with van der Waals surface area (Å²) in [5.74, 6) is -1.11. The topological polar surface area (TPSA) is 94.3 Å². The van der Waals surface area contributed by atoms with Gasteiger partial charge in [0.1, 0.15) is 5.75 Å². The normalized spacial score (nSPS) is 11.2. The van der Waals surface area contributed by atoms with Gasteiger partial charge in [0.25, 0.3) is 5.88 Å². The minimum absolute atomic E-state index is 0.0282. The first kappa shape index (κ1) is 14.7. The van der Waals surface area contributed by atoms with E-state index >= 15 is 0 Å². The highest BCUT2D eigenvalue weighted by Crippen LogP contribution is 2.18. The fourth-order valence-electron chi connectivity index (χ4n) is 1.70. The van der Waals surface area contributed by atoms with Crippen molar-refractivity contribution in [2.45, 2.75) is 26.3 Å². The molecule has 7 heteroatoms. The summed E-state index contributed by atoms with van der Waals surface area (Å²) in [6, 6.07) is 1.28. The van der Waals surface area contributed by atoms with Crippen LogP contribution in [-0.2, 0) is 5.54 Å². The zero-order valence-corrected chi connectivity index (χ0v) is 11.9. The van der Waals surface area contributed by atoms with Crippen LogP contribution in [0.3, 0.4) is 0 Å². The highest BCUT2D eigenvalue weighted by molar-refractivity contribution is 5.87. The molecule has 0 atom stereocenters. The summed E-state index contributed by atoms with van der Waals surface area (Å²) in [7, 11) is 0. The molecule has 21 heavy (non-hydrogen) atoms. The van der Waals surface area contributed by atoms with Gasteiger partial charge >= 0.3 is 11.5 Å². The summed E-state index contributed by atoms with van der Waals surface area (Å²) in [5.41, 5.74) is -0.843. The van der Waals surface area contributed by atoms with E-state index in [1.54, 1.807) is 6.20 Å². The van der Waals surface area contributed by atoms with Gasteiger partial charge in [0.05, 0.1) is 11.8 Å². The summed E-state index contributed by atoms with van der Waals surface area (Å²) in [6.07, 6.45) is 5.54. The van der Waals surface area contributed by atoms with E-state index in [2.05, 4.69) is 9.97 Å². The third-order valence-electron chi connectivity index (χ3n) is 2.71. The molecule has 2 heterocycles. The number of carbonyl (C=O) groups is 1. The molecule has 0 saturated heterocycles. The first-order valence-corrected chi connectivity index (χ1v) is 6.23. The largest absolute Gasteiger partial charge is 0.478 e. The monoisotopic (exact) mass is 289 g/mol. The molecular weight excluding hydrogens is 274 g/mol. The van der Waals surface area contributed by atoms with Crippen molar-refractivity contribution in [2.24, 2.45) is 0 Å². The van der Waals surface area contributed by atoms with Crippen molar-refractivity contribution in [1.29, 1.82) is 0 Å². The zero-order valence-electron chi connectivity index (χ0n) is 11.9. The summed E-state index contributed by atoms with van der Waals surface area (Å²) < 4.78 is 6.86. The molecule has 7 nitrogen and oxygen atoms in total. The highest BCUT2D eigenvalue weighted by Gasteiger charge is 2.18. The molecule has 0 spiro atoms. The van der Waals surface area contributed by atoms with E-state index in [1.807, 2.05) is 20.8 Å². The molecule has 0 amide bonds. The maximum Gasteiger partial charge on any atom is 0.337 e. The third-order valence-corrected chi connectivity index (χ3v) is 2.71. The first-order chi connectivity index (χ1) is 9.79. The zero-order chi connectivity index (χ0) is 15.6. The second-order valence-electron chi connectivity index (χ2n) is 5.39. The van der Waals surface area contributed by atoms with Gasteiger partial charge in [-0.3, -0.25) is 9.78 Å². The molecule has 0 saturated carbocycles. The summed E-state index contributed by atoms with van der Waals surface area (Å²) in [6.45, 7) is 5.64. The highest BCUT2D eigenvalue weighted by atomic mass is 16.5. The second-order valence-corrected chi connectivity index (χ2v) is 5.39. The molecule has 2 aromatic heterocycles. The van der Waals surface area contributed by atoms with Gasteiger partial charge in [-0.25, -0.2) is 9.78 Å². The van der Waals surface area contributed by atoms with Crippen molar-refractivity contribution in [3.05, 3.63) is 46.8 Å². The third kappa shape index (κ3) is 3.25. The lowest BCUT2D eigenvalue weighted by atomic mass is 10.1. The second kappa shape index (κ2) is 5.35. The Morgan fingerprint density at radius 2 is 2.05 bits per heavy atom. The number of hydrogen-bond donors (Lipinski definition) is 1. The number of aromatic nitrogens is 3. The van der Waals surface area contributed by atoms with Gasteiger partial charge in [-0.1, -0.05) is 0 Å². The van der Waals surface area contributed by atoms with Crippen molar-refractivity contribution in [3.63, 3.8) is 0 Å². The molecule has 2 rings (SSSR count). The number of ether oxygens (including phenoxy) is 1. The van der Waals surface area contributed by atoms with E-state index in [4.69, 9.17) is 9.84 Å². The lowest BCUT2D eigenvalue weighted by Gasteiger charge is -2.22. The summed E-state index contributed by atoms with van der Waals surface area (Å²) in [5, 5.41) is 8.90. The number of aromatic carboxylic acids is 1. The minimum atomic E-state index is -1.12. The minimum Gasteiger partial charge on any atom is -0.478 e. The SMILES string of the molecule is CC(C)(C)n1ccnc(Oc2cncc(C(=O)O)c2)c1=O. The van der Waals surface area contributed by atoms with Gasteiger partial charge in [0.15, 0.2) is 0 Å². The molecule has 2 aromatic rings. The molecule has 0 aliphatic carbocycles.